The van der Waals surface area contributed by atoms with E-state index in [1.165, 1.54) is 17.0 Å². The van der Waals surface area contributed by atoms with Crippen molar-refractivity contribution in [1.29, 1.82) is 0 Å². The summed E-state index contributed by atoms with van der Waals surface area (Å²) in [4.78, 5) is 14.6. The summed E-state index contributed by atoms with van der Waals surface area (Å²) in [6.45, 7) is 4.11. The van der Waals surface area contributed by atoms with E-state index in [2.05, 4.69) is 20.7 Å². The third-order valence-electron chi connectivity index (χ3n) is 4.57. The second kappa shape index (κ2) is 8.73. The Hall–Kier alpha value is -2.10. The lowest BCUT2D eigenvalue weighted by Crippen LogP contribution is -2.49. The number of hydrogen-bond acceptors (Lipinski definition) is 5. The minimum absolute atomic E-state index is 0.109. The van der Waals surface area contributed by atoms with E-state index < -0.39 is 16.1 Å². The predicted molar refractivity (Wildman–Crippen MR) is 112 cm³/mol. The Bertz CT molecular complexity index is 992. The Kier molecular flexibility index (Phi) is 6.50. The summed E-state index contributed by atoms with van der Waals surface area (Å²) in [5, 5.41) is 0. The van der Waals surface area contributed by atoms with Gasteiger partial charge in [-0.25, -0.2) is 8.42 Å². The zero-order valence-corrected chi connectivity index (χ0v) is 18.8. The fourth-order valence-corrected chi connectivity index (χ4v) is 4.55. The van der Waals surface area contributed by atoms with Crippen molar-refractivity contribution in [2.45, 2.75) is 31.3 Å². The van der Waals surface area contributed by atoms with Gasteiger partial charge in [-0.15, -0.1) is 0 Å². The number of benzene rings is 2. The molecule has 1 N–H and O–H groups in total. The monoisotopic (exact) mass is 482 g/mol. The standard InChI is InChI=1S/C20H23BrN2O5S/c1-13(2)19(22-29(25,26)16-7-5-15(21)6-8-16)20(24)23(3)11-14-4-9-17-18(10-14)28-12-27-17/h4-10,13,19,22H,11-12H2,1-3H3/t19-/m0/s1. The van der Waals surface area contributed by atoms with E-state index in [0.29, 0.717) is 18.0 Å². The van der Waals surface area contributed by atoms with Crippen LogP contribution in [0.5, 0.6) is 11.5 Å². The molecule has 1 heterocycles. The molecular formula is C20H23BrN2O5S. The molecule has 0 saturated heterocycles. The molecular weight excluding hydrogens is 460 g/mol. The highest BCUT2D eigenvalue weighted by molar-refractivity contribution is 9.10. The first-order valence-electron chi connectivity index (χ1n) is 9.09. The number of halogens is 1. The van der Waals surface area contributed by atoms with Crippen LogP contribution in [0.15, 0.2) is 51.8 Å². The molecule has 2 aromatic rings. The fourth-order valence-electron chi connectivity index (χ4n) is 2.95. The molecule has 2 aromatic carbocycles. The minimum atomic E-state index is -3.84. The van der Waals surface area contributed by atoms with Crippen molar-refractivity contribution in [3.63, 3.8) is 0 Å². The van der Waals surface area contributed by atoms with Crippen LogP contribution < -0.4 is 14.2 Å². The summed E-state index contributed by atoms with van der Waals surface area (Å²) < 4.78 is 39.5. The first-order chi connectivity index (χ1) is 13.7. The van der Waals surface area contributed by atoms with Crippen LogP contribution >= 0.6 is 15.9 Å². The average Bonchev–Trinajstić information content (AvgIpc) is 3.13. The quantitative estimate of drug-likeness (QED) is 0.654. The SMILES string of the molecule is CC(C)[C@H](NS(=O)(=O)c1ccc(Br)cc1)C(=O)N(C)Cc1ccc2c(c1)OCO2. The van der Waals surface area contributed by atoms with Crippen LogP contribution in [-0.4, -0.2) is 39.1 Å². The number of carbonyl (C=O) groups excluding carboxylic acids is 1. The third-order valence-corrected chi connectivity index (χ3v) is 6.56. The molecule has 0 saturated carbocycles. The maximum absolute atomic E-state index is 13.0. The van der Waals surface area contributed by atoms with E-state index in [4.69, 9.17) is 9.47 Å². The van der Waals surface area contributed by atoms with Crippen molar-refractivity contribution in [1.82, 2.24) is 9.62 Å². The lowest BCUT2D eigenvalue weighted by molar-refractivity contribution is -0.133. The lowest BCUT2D eigenvalue weighted by atomic mass is 10.0. The topological polar surface area (TPSA) is 84.9 Å². The molecule has 0 unspecified atom stereocenters. The van der Waals surface area contributed by atoms with Gasteiger partial charge in [0.15, 0.2) is 11.5 Å². The molecule has 0 fully saturated rings. The summed E-state index contributed by atoms with van der Waals surface area (Å²) in [5.41, 5.74) is 0.864. The van der Waals surface area contributed by atoms with Crippen molar-refractivity contribution in [3.05, 3.63) is 52.5 Å². The van der Waals surface area contributed by atoms with Gasteiger partial charge in [0.2, 0.25) is 22.7 Å². The summed E-state index contributed by atoms with van der Waals surface area (Å²) >= 11 is 3.29. The summed E-state index contributed by atoms with van der Waals surface area (Å²) in [6.07, 6.45) is 0. The van der Waals surface area contributed by atoms with Crippen LogP contribution in [0.1, 0.15) is 19.4 Å². The van der Waals surface area contributed by atoms with Crippen LogP contribution in [-0.2, 0) is 21.4 Å². The van der Waals surface area contributed by atoms with Crippen molar-refractivity contribution in [2.75, 3.05) is 13.8 Å². The second-order valence-electron chi connectivity index (χ2n) is 7.18. The first-order valence-corrected chi connectivity index (χ1v) is 11.4. The zero-order chi connectivity index (χ0) is 21.2. The van der Waals surface area contributed by atoms with Crippen molar-refractivity contribution in [3.8, 4) is 11.5 Å². The highest BCUT2D eigenvalue weighted by Gasteiger charge is 2.30. The number of hydrogen-bond donors (Lipinski definition) is 1. The molecule has 1 aliphatic heterocycles. The molecule has 0 aromatic heterocycles. The molecule has 29 heavy (non-hydrogen) atoms. The molecule has 9 heteroatoms. The number of carbonyl (C=O) groups is 1. The first kappa shape index (κ1) is 21.6. The minimum Gasteiger partial charge on any atom is -0.454 e. The fraction of sp³-hybridized carbons (Fsp3) is 0.350. The lowest BCUT2D eigenvalue weighted by Gasteiger charge is -2.27. The number of rotatable bonds is 7. The van der Waals surface area contributed by atoms with Gasteiger partial charge in [-0.2, -0.15) is 4.72 Å². The largest absolute Gasteiger partial charge is 0.454 e. The van der Waals surface area contributed by atoms with E-state index in [1.54, 1.807) is 39.1 Å². The molecule has 1 atom stereocenters. The molecule has 7 nitrogen and oxygen atoms in total. The van der Waals surface area contributed by atoms with Crippen LogP contribution in [0, 0.1) is 5.92 Å². The van der Waals surface area contributed by atoms with E-state index in [9.17, 15) is 13.2 Å². The number of fused-ring (bicyclic) bond motifs is 1. The van der Waals surface area contributed by atoms with Crippen molar-refractivity contribution >= 4 is 31.9 Å². The van der Waals surface area contributed by atoms with Crippen molar-refractivity contribution < 1.29 is 22.7 Å². The van der Waals surface area contributed by atoms with Crippen molar-refractivity contribution in [2.24, 2.45) is 5.92 Å². The highest BCUT2D eigenvalue weighted by atomic mass is 79.9. The van der Waals surface area contributed by atoms with Gasteiger partial charge in [0.05, 0.1) is 4.90 Å². The van der Waals surface area contributed by atoms with Crippen LogP contribution in [0.3, 0.4) is 0 Å². The summed E-state index contributed by atoms with van der Waals surface area (Å²) in [7, 11) is -2.19. The number of likely N-dealkylation sites (N-methyl/N-ethyl adjacent to an activating group) is 1. The van der Waals surface area contributed by atoms with Crippen LogP contribution in [0.25, 0.3) is 0 Å². The maximum atomic E-state index is 13.0. The molecule has 0 spiro atoms. The number of ether oxygens (including phenoxy) is 2. The average molecular weight is 483 g/mol. The smallest absolute Gasteiger partial charge is 0.241 e. The zero-order valence-electron chi connectivity index (χ0n) is 16.4. The van der Waals surface area contributed by atoms with Gasteiger partial charge in [-0.05, 0) is 47.9 Å². The molecule has 156 valence electrons. The second-order valence-corrected chi connectivity index (χ2v) is 9.81. The van der Waals surface area contributed by atoms with Gasteiger partial charge in [0.25, 0.3) is 0 Å². The number of sulfonamides is 1. The number of nitrogens with zero attached hydrogens (tertiary/aromatic N) is 1. The third kappa shape index (κ3) is 5.09. The Morgan fingerprint density at radius 2 is 1.79 bits per heavy atom. The van der Waals surface area contributed by atoms with E-state index in [-0.39, 0.29) is 23.5 Å². The van der Waals surface area contributed by atoms with Gasteiger partial charge >= 0.3 is 0 Å². The summed E-state index contributed by atoms with van der Waals surface area (Å²) in [5.74, 6) is 0.773. The molecule has 3 rings (SSSR count). The van der Waals surface area contributed by atoms with Gasteiger partial charge in [-0.3, -0.25) is 4.79 Å². The predicted octanol–water partition coefficient (Wildman–Crippen LogP) is 3.14. The van der Waals surface area contributed by atoms with Crippen LogP contribution in [0.4, 0.5) is 0 Å². The Morgan fingerprint density at radius 1 is 1.14 bits per heavy atom. The number of amides is 1. The van der Waals surface area contributed by atoms with Crippen LogP contribution in [0.2, 0.25) is 0 Å². The van der Waals surface area contributed by atoms with Gasteiger partial charge < -0.3 is 14.4 Å². The Labute approximate surface area is 179 Å². The normalized spacial score (nSPS) is 14.1. The summed E-state index contributed by atoms with van der Waals surface area (Å²) in [6, 6.07) is 10.9. The van der Waals surface area contributed by atoms with Gasteiger partial charge in [-0.1, -0.05) is 35.8 Å². The van der Waals surface area contributed by atoms with E-state index in [1.807, 2.05) is 12.1 Å². The van der Waals surface area contributed by atoms with Gasteiger partial charge in [0, 0.05) is 18.1 Å². The molecule has 0 bridgehead atoms. The van der Waals surface area contributed by atoms with E-state index in [0.717, 1.165) is 10.0 Å². The Balaban J connectivity index is 1.74. The Morgan fingerprint density at radius 3 is 2.45 bits per heavy atom. The van der Waals surface area contributed by atoms with Gasteiger partial charge in [0.1, 0.15) is 6.04 Å². The molecule has 1 amide bonds. The van der Waals surface area contributed by atoms with E-state index >= 15 is 0 Å². The molecule has 1 aliphatic rings. The number of nitrogens with one attached hydrogen (secondary N) is 1. The highest BCUT2D eigenvalue weighted by Crippen LogP contribution is 2.32. The maximum Gasteiger partial charge on any atom is 0.241 e. The molecule has 0 aliphatic carbocycles. The molecule has 0 radical (unpaired) electrons.